The standard InChI is InChI=1S/C58H34O2/c1-2-17-35(18-3-1)52-37-20-4-6-22-39(37)53(40-23-7-5-21-38(40)52)46-29-16-34-51-56(46)49-32-15-31-48(58(49)60-51)55-43-26-10-8-24-41(43)54(42-25-9-11-27-44(42)55)47-30-14-28-45-36-19-12-13-33-50(36)59-57(45)47/h1-34H. The van der Waals surface area contributed by atoms with E-state index in [1.165, 1.54) is 70.9 Å². The smallest absolute Gasteiger partial charge is 0.143 e. The van der Waals surface area contributed by atoms with Gasteiger partial charge in [-0.1, -0.05) is 194 Å². The van der Waals surface area contributed by atoms with Gasteiger partial charge >= 0.3 is 0 Å². The summed E-state index contributed by atoms with van der Waals surface area (Å²) in [5, 5.41) is 14.1. The Morgan fingerprint density at radius 2 is 0.567 bits per heavy atom. The van der Waals surface area contributed by atoms with Crippen LogP contribution in [0.2, 0.25) is 0 Å². The van der Waals surface area contributed by atoms with Crippen molar-refractivity contribution in [3.8, 4) is 44.5 Å². The summed E-state index contributed by atoms with van der Waals surface area (Å²) in [7, 11) is 0. The van der Waals surface area contributed by atoms with E-state index >= 15 is 0 Å². The van der Waals surface area contributed by atoms with Crippen LogP contribution in [-0.4, -0.2) is 0 Å². The van der Waals surface area contributed by atoms with E-state index in [9.17, 15) is 0 Å². The normalized spacial score (nSPS) is 12.0. The number of benzene rings is 11. The third kappa shape index (κ3) is 4.64. The van der Waals surface area contributed by atoms with Crippen LogP contribution in [0.3, 0.4) is 0 Å². The number of hydrogen-bond acceptors (Lipinski definition) is 2. The quantitative estimate of drug-likeness (QED) is 0.167. The zero-order valence-corrected chi connectivity index (χ0v) is 32.4. The highest BCUT2D eigenvalue weighted by Crippen LogP contribution is 2.51. The van der Waals surface area contributed by atoms with Crippen LogP contribution in [0.1, 0.15) is 0 Å². The average molecular weight is 763 g/mol. The van der Waals surface area contributed by atoms with Crippen LogP contribution >= 0.6 is 0 Å². The van der Waals surface area contributed by atoms with Gasteiger partial charge in [0.25, 0.3) is 0 Å². The maximum absolute atomic E-state index is 7.11. The summed E-state index contributed by atoms with van der Waals surface area (Å²) in [6.45, 7) is 0. The largest absolute Gasteiger partial charge is 0.455 e. The lowest BCUT2D eigenvalue weighted by Gasteiger charge is -2.18. The Morgan fingerprint density at radius 1 is 0.217 bits per heavy atom. The third-order valence-electron chi connectivity index (χ3n) is 12.7. The molecular formula is C58H34O2. The average Bonchev–Trinajstić information content (AvgIpc) is 3.90. The molecule has 0 unspecified atom stereocenters. The number of fused-ring (bicyclic) bond motifs is 10. The molecule has 0 amide bonds. The lowest BCUT2D eigenvalue weighted by Crippen LogP contribution is -1.91. The molecule has 0 atom stereocenters. The van der Waals surface area contributed by atoms with Gasteiger partial charge in [0.15, 0.2) is 0 Å². The van der Waals surface area contributed by atoms with Crippen LogP contribution in [0.25, 0.3) is 131 Å². The predicted octanol–water partition coefficient (Wildman–Crippen LogP) is 16.8. The van der Waals surface area contributed by atoms with Crippen LogP contribution in [0.5, 0.6) is 0 Å². The fourth-order valence-electron chi connectivity index (χ4n) is 10.2. The van der Waals surface area contributed by atoms with E-state index in [2.05, 4.69) is 200 Å². The number of para-hydroxylation sites is 3. The second kappa shape index (κ2) is 12.8. The molecule has 0 aliphatic carbocycles. The lowest BCUT2D eigenvalue weighted by atomic mass is 9.84. The highest BCUT2D eigenvalue weighted by atomic mass is 16.3. The van der Waals surface area contributed by atoms with Crippen LogP contribution in [-0.2, 0) is 0 Å². The van der Waals surface area contributed by atoms with Crippen molar-refractivity contribution in [2.75, 3.05) is 0 Å². The van der Waals surface area contributed by atoms with Crippen molar-refractivity contribution in [2.45, 2.75) is 0 Å². The van der Waals surface area contributed by atoms with Gasteiger partial charge in [0.2, 0.25) is 0 Å². The highest BCUT2D eigenvalue weighted by Gasteiger charge is 2.24. The van der Waals surface area contributed by atoms with Crippen LogP contribution in [0.4, 0.5) is 0 Å². The molecule has 0 saturated heterocycles. The fraction of sp³-hybridized carbons (Fsp3) is 0. The second-order valence-corrected chi connectivity index (χ2v) is 15.8. The van der Waals surface area contributed by atoms with Crippen LogP contribution in [0.15, 0.2) is 215 Å². The minimum Gasteiger partial charge on any atom is -0.455 e. The minimum absolute atomic E-state index is 0.872. The zero-order chi connectivity index (χ0) is 39.3. The van der Waals surface area contributed by atoms with Crippen LogP contribution < -0.4 is 0 Å². The SMILES string of the molecule is c1ccc(-c2c3ccccc3c(-c3cccc4oc5c(-c6c7ccccc7c(-c7cccc8c7oc7ccccc78)c7ccccc67)cccc5c34)c3ccccc23)cc1. The monoisotopic (exact) mass is 762 g/mol. The van der Waals surface area contributed by atoms with Crippen molar-refractivity contribution in [3.05, 3.63) is 206 Å². The second-order valence-electron chi connectivity index (χ2n) is 15.8. The molecule has 0 saturated carbocycles. The van der Waals surface area contributed by atoms with E-state index in [0.29, 0.717) is 0 Å². The van der Waals surface area contributed by atoms with Crippen LogP contribution in [0, 0.1) is 0 Å². The molecule has 0 bridgehead atoms. The van der Waals surface area contributed by atoms with Crippen molar-refractivity contribution in [1.82, 2.24) is 0 Å². The molecule has 0 N–H and O–H groups in total. The van der Waals surface area contributed by atoms with E-state index < -0.39 is 0 Å². The topological polar surface area (TPSA) is 26.3 Å². The van der Waals surface area contributed by atoms with Gasteiger partial charge in [0, 0.05) is 43.8 Å². The van der Waals surface area contributed by atoms with Crippen molar-refractivity contribution in [3.63, 3.8) is 0 Å². The molecule has 0 fully saturated rings. The van der Waals surface area contributed by atoms with E-state index in [-0.39, 0.29) is 0 Å². The van der Waals surface area contributed by atoms with Gasteiger partial charge in [0.1, 0.15) is 22.3 Å². The zero-order valence-electron chi connectivity index (χ0n) is 32.4. The molecule has 2 heteroatoms. The molecule has 13 rings (SSSR count). The Morgan fingerprint density at radius 3 is 1.12 bits per heavy atom. The van der Waals surface area contributed by atoms with Gasteiger partial charge in [0.05, 0.1) is 0 Å². The molecule has 0 aliphatic heterocycles. The molecule has 2 aromatic heterocycles. The Hall–Kier alpha value is -7.94. The van der Waals surface area contributed by atoms with Gasteiger partial charge in [-0.25, -0.2) is 0 Å². The summed E-state index contributed by atoms with van der Waals surface area (Å²) in [6.07, 6.45) is 0. The number of hydrogen-bond donors (Lipinski definition) is 0. The van der Waals surface area contributed by atoms with Gasteiger partial charge in [-0.15, -0.1) is 0 Å². The first-order valence-corrected chi connectivity index (χ1v) is 20.6. The van der Waals surface area contributed by atoms with Gasteiger partial charge < -0.3 is 8.83 Å². The first kappa shape index (κ1) is 33.1. The summed E-state index contributed by atoms with van der Waals surface area (Å²) < 4.78 is 13.8. The Balaban J connectivity index is 1.11. The third-order valence-corrected chi connectivity index (χ3v) is 12.7. The molecule has 13 aromatic rings. The van der Waals surface area contributed by atoms with E-state index in [1.807, 2.05) is 6.07 Å². The molecular weight excluding hydrogens is 729 g/mol. The molecule has 60 heavy (non-hydrogen) atoms. The fourth-order valence-corrected chi connectivity index (χ4v) is 10.2. The van der Waals surface area contributed by atoms with Crippen molar-refractivity contribution < 1.29 is 8.83 Å². The molecule has 0 aliphatic rings. The number of furan rings is 2. The molecule has 0 spiro atoms. The first-order chi connectivity index (χ1) is 29.8. The molecule has 2 heterocycles. The van der Waals surface area contributed by atoms with E-state index in [0.717, 1.165) is 60.6 Å². The Bertz CT molecular complexity index is 3770. The summed E-state index contributed by atoms with van der Waals surface area (Å²) in [6, 6.07) is 74.2. The van der Waals surface area contributed by atoms with Crippen molar-refractivity contribution in [2.24, 2.45) is 0 Å². The van der Waals surface area contributed by atoms with E-state index in [4.69, 9.17) is 8.83 Å². The summed E-state index contributed by atoms with van der Waals surface area (Å²) in [5.41, 5.74) is 12.9. The first-order valence-electron chi connectivity index (χ1n) is 20.6. The lowest BCUT2D eigenvalue weighted by molar-refractivity contribution is 0.669. The predicted molar refractivity (Wildman–Crippen MR) is 253 cm³/mol. The molecule has 11 aromatic carbocycles. The summed E-state index contributed by atoms with van der Waals surface area (Å²) in [5.74, 6) is 0. The maximum Gasteiger partial charge on any atom is 0.143 e. The highest BCUT2D eigenvalue weighted by molar-refractivity contribution is 6.29. The van der Waals surface area contributed by atoms with Gasteiger partial charge in [-0.2, -0.15) is 0 Å². The van der Waals surface area contributed by atoms with Gasteiger partial charge in [-0.05, 0) is 77.5 Å². The van der Waals surface area contributed by atoms with Crippen molar-refractivity contribution in [1.29, 1.82) is 0 Å². The van der Waals surface area contributed by atoms with Gasteiger partial charge in [-0.3, -0.25) is 0 Å². The molecule has 2 nitrogen and oxygen atoms in total. The minimum atomic E-state index is 0.872. The molecule has 278 valence electrons. The van der Waals surface area contributed by atoms with E-state index in [1.54, 1.807) is 0 Å². The Labute approximate surface area is 345 Å². The summed E-state index contributed by atoms with van der Waals surface area (Å²) in [4.78, 5) is 0. The Kier molecular flexibility index (Phi) is 7.05. The number of rotatable bonds is 4. The maximum atomic E-state index is 7.11. The van der Waals surface area contributed by atoms with Crippen molar-refractivity contribution >= 4 is 87.0 Å². The molecule has 0 radical (unpaired) electrons. The summed E-state index contributed by atoms with van der Waals surface area (Å²) >= 11 is 0.